The molecule has 2 fully saturated rings. The van der Waals surface area contributed by atoms with E-state index in [1.54, 1.807) is 18.3 Å². The lowest BCUT2D eigenvalue weighted by molar-refractivity contribution is -0.141. The molecular weight excluding hydrogens is 759 g/mol. The number of methoxy groups -OCH3 is 1. The Kier molecular flexibility index (Phi) is 13.1. The number of allylic oxidation sites excluding steroid dienone is 3. The minimum absolute atomic E-state index is 0.141. The average Bonchev–Trinajstić information content (AvgIpc) is 3.47. The van der Waals surface area contributed by atoms with E-state index in [2.05, 4.69) is 35.6 Å². The molecule has 5 amide bonds. The fraction of sp³-hybridized carbons (Fsp3) is 0.425. The first-order valence-corrected chi connectivity index (χ1v) is 19.1. The van der Waals surface area contributed by atoms with Crippen molar-refractivity contribution in [3.8, 4) is 0 Å². The summed E-state index contributed by atoms with van der Waals surface area (Å²) in [6.45, 7) is 8.51. The second-order valence-electron chi connectivity index (χ2n) is 14.4. The molecule has 1 unspecified atom stereocenters. The van der Waals surface area contributed by atoms with Gasteiger partial charge in [-0.3, -0.25) is 39.1 Å². The zero-order valence-electron chi connectivity index (χ0n) is 32.2. The molecule has 2 saturated heterocycles. The van der Waals surface area contributed by atoms with Crippen LogP contribution in [0.25, 0.3) is 0 Å². The van der Waals surface area contributed by atoms with Crippen LogP contribution < -0.4 is 20.9 Å². The lowest BCUT2D eigenvalue weighted by Crippen LogP contribution is -2.49. The van der Waals surface area contributed by atoms with Gasteiger partial charge in [0.05, 0.1) is 29.6 Å². The smallest absolute Gasteiger partial charge is 0.433 e. The lowest BCUT2D eigenvalue weighted by Gasteiger charge is -2.38. The molecule has 1 aromatic heterocycles. The first-order chi connectivity index (χ1) is 27.8. The summed E-state index contributed by atoms with van der Waals surface area (Å²) in [5.74, 6) is -2.42. The van der Waals surface area contributed by atoms with Crippen molar-refractivity contribution in [3.05, 3.63) is 94.3 Å². The topological polar surface area (TPSA) is 180 Å². The molecule has 0 spiro atoms. The summed E-state index contributed by atoms with van der Waals surface area (Å²) in [6, 6.07) is 7.37. The number of alkyl halides is 3. The molecule has 0 radical (unpaired) electrons. The molecule has 1 atom stereocenters. The summed E-state index contributed by atoms with van der Waals surface area (Å²) in [4.78, 5) is 74.2. The zero-order chi connectivity index (χ0) is 41.6. The highest BCUT2D eigenvalue weighted by atomic mass is 19.4. The molecule has 18 heteroatoms. The number of hydrogen-bond acceptors (Lipinski definition) is 12. The second-order valence-corrected chi connectivity index (χ2v) is 14.4. The van der Waals surface area contributed by atoms with Crippen molar-refractivity contribution in [3.63, 3.8) is 0 Å². The number of benzene rings is 1. The average molecular weight is 806 g/mol. The molecule has 3 aliphatic heterocycles. The third-order valence-electron chi connectivity index (χ3n) is 10.7. The van der Waals surface area contributed by atoms with Crippen LogP contribution in [-0.4, -0.2) is 127 Å². The minimum Gasteiger partial charge on any atom is -0.494 e. The first-order valence-electron chi connectivity index (χ1n) is 19.1. The number of pyridine rings is 1. The maximum absolute atomic E-state index is 13.4. The summed E-state index contributed by atoms with van der Waals surface area (Å²) in [5.41, 5.74) is 0.554. The van der Waals surface area contributed by atoms with Gasteiger partial charge in [0, 0.05) is 81.9 Å². The summed E-state index contributed by atoms with van der Waals surface area (Å²) in [5, 5.41) is 16.5. The number of fused-ring (bicyclic) bond motifs is 1. The van der Waals surface area contributed by atoms with Crippen molar-refractivity contribution in [2.45, 2.75) is 50.9 Å². The summed E-state index contributed by atoms with van der Waals surface area (Å²) < 4.78 is 44.7. The SMILES string of the molecule is CCCC(C(=O)NC=O)N1C(=O)c2ccc(N3CCN(CCN4CCC(N/C=C5/C=C(NC(=O)c6cccc(C(F)(F)F)n6)C(OC)=CC5=N)CC4)CC3)cc2C1=O. The molecular formula is C40H46F3N9O6. The number of carbonyl (C=O) groups excluding carboxylic acids is 5. The normalized spacial score (nSPS) is 19.4. The second kappa shape index (κ2) is 18.1. The van der Waals surface area contributed by atoms with Gasteiger partial charge in [-0.25, -0.2) is 4.98 Å². The van der Waals surface area contributed by atoms with Crippen LogP contribution >= 0.6 is 0 Å². The maximum Gasteiger partial charge on any atom is 0.433 e. The number of anilines is 1. The van der Waals surface area contributed by atoms with E-state index >= 15 is 0 Å². The lowest BCUT2D eigenvalue weighted by atomic mass is 10.0. The van der Waals surface area contributed by atoms with Gasteiger partial charge in [-0.15, -0.1) is 0 Å². The van der Waals surface area contributed by atoms with Crippen molar-refractivity contribution in [2.75, 3.05) is 64.4 Å². The van der Waals surface area contributed by atoms with E-state index in [0.717, 1.165) is 87.9 Å². The minimum atomic E-state index is -4.70. The van der Waals surface area contributed by atoms with Crippen molar-refractivity contribution in [1.29, 1.82) is 5.41 Å². The van der Waals surface area contributed by atoms with E-state index in [4.69, 9.17) is 10.1 Å². The Morgan fingerprint density at radius 3 is 2.33 bits per heavy atom. The molecule has 6 rings (SSSR count). The van der Waals surface area contributed by atoms with Gasteiger partial charge in [0.2, 0.25) is 12.3 Å². The Labute approximate surface area is 333 Å². The first kappa shape index (κ1) is 41.7. The number of piperidine rings is 1. The van der Waals surface area contributed by atoms with Crippen LogP contribution in [-0.2, 0) is 20.5 Å². The number of rotatable bonds is 14. The number of carbonyl (C=O) groups is 5. The van der Waals surface area contributed by atoms with Crippen LogP contribution in [0.1, 0.15) is 69.5 Å². The van der Waals surface area contributed by atoms with Gasteiger partial charge in [0.1, 0.15) is 23.2 Å². The molecule has 2 aromatic rings. The summed E-state index contributed by atoms with van der Waals surface area (Å²) in [7, 11) is 1.37. The van der Waals surface area contributed by atoms with Gasteiger partial charge < -0.3 is 30.6 Å². The number of nitrogens with zero attached hydrogens (tertiary/aromatic N) is 5. The number of imide groups is 2. The highest BCUT2D eigenvalue weighted by Gasteiger charge is 2.43. The predicted molar refractivity (Wildman–Crippen MR) is 207 cm³/mol. The van der Waals surface area contributed by atoms with Gasteiger partial charge in [-0.05, 0) is 55.7 Å². The predicted octanol–water partition coefficient (Wildman–Crippen LogP) is 3.08. The Hall–Kier alpha value is -5.88. The van der Waals surface area contributed by atoms with Crippen LogP contribution in [0.2, 0.25) is 0 Å². The van der Waals surface area contributed by atoms with Gasteiger partial charge in [0.25, 0.3) is 17.7 Å². The fourth-order valence-corrected chi connectivity index (χ4v) is 7.46. The van der Waals surface area contributed by atoms with Crippen molar-refractivity contribution >= 4 is 41.4 Å². The van der Waals surface area contributed by atoms with E-state index in [1.807, 2.05) is 13.0 Å². The van der Waals surface area contributed by atoms with E-state index in [1.165, 1.54) is 25.3 Å². The maximum atomic E-state index is 13.4. The standard InChI is InChI=1S/C40H46F3N9O6/c1-3-5-33(37(55)46-24-53)52-38(56)28-9-8-27(21-29(28)39(52)57)51-18-16-50(17-19-51)15-14-49-12-10-26(11-13-49)45-23-25-20-32(34(58-2)22-30(25)44)48-36(54)31-6-4-7-35(47-31)40(41,42)43/h4,6-9,20-24,26,33,44-45H,3,5,10-19H2,1-2H3,(H,48,54)(H,46,53,55)/b25-23-,44-30?. The van der Waals surface area contributed by atoms with Crippen LogP contribution in [0, 0.1) is 5.41 Å². The number of hydrogen-bond donors (Lipinski definition) is 4. The Balaban J connectivity index is 0.958. The third kappa shape index (κ3) is 9.45. The van der Waals surface area contributed by atoms with E-state index in [9.17, 15) is 37.1 Å². The van der Waals surface area contributed by atoms with E-state index in [0.29, 0.717) is 12.0 Å². The Morgan fingerprint density at radius 2 is 1.67 bits per heavy atom. The van der Waals surface area contributed by atoms with Crippen LogP contribution in [0.3, 0.4) is 0 Å². The molecule has 1 aromatic carbocycles. The quantitative estimate of drug-likeness (QED) is 0.163. The summed E-state index contributed by atoms with van der Waals surface area (Å²) >= 11 is 0. The number of ether oxygens (including phenoxy) is 1. The molecule has 58 heavy (non-hydrogen) atoms. The number of amides is 5. The molecule has 15 nitrogen and oxygen atoms in total. The monoisotopic (exact) mass is 805 g/mol. The van der Waals surface area contributed by atoms with Crippen molar-refractivity contribution < 1.29 is 41.9 Å². The third-order valence-corrected chi connectivity index (χ3v) is 10.7. The Bertz CT molecular complexity index is 2030. The zero-order valence-corrected chi connectivity index (χ0v) is 32.2. The molecule has 308 valence electrons. The fourth-order valence-electron chi connectivity index (χ4n) is 7.46. The van der Waals surface area contributed by atoms with Crippen molar-refractivity contribution in [1.82, 2.24) is 35.6 Å². The van der Waals surface area contributed by atoms with Gasteiger partial charge in [-0.2, -0.15) is 13.2 Å². The van der Waals surface area contributed by atoms with Gasteiger partial charge in [-0.1, -0.05) is 19.4 Å². The number of halogens is 3. The number of piperazine rings is 1. The van der Waals surface area contributed by atoms with Crippen LogP contribution in [0.4, 0.5) is 18.9 Å². The molecule has 4 heterocycles. The Morgan fingerprint density at radius 1 is 0.983 bits per heavy atom. The molecule has 4 aliphatic rings. The highest BCUT2D eigenvalue weighted by molar-refractivity contribution is 6.23. The van der Waals surface area contributed by atoms with Gasteiger partial charge >= 0.3 is 6.18 Å². The highest BCUT2D eigenvalue weighted by Crippen LogP contribution is 2.31. The van der Waals surface area contributed by atoms with E-state index < -0.39 is 47.2 Å². The van der Waals surface area contributed by atoms with Crippen LogP contribution in [0.15, 0.2) is 71.8 Å². The number of nitrogens with one attached hydrogen (secondary N) is 4. The number of likely N-dealkylation sites (tertiary alicyclic amines) is 1. The largest absolute Gasteiger partial charge is 0.494 e. The molecule has 0 bridgehead atoms. The van der Waals surface area contributed by atoms with E-state index in [-0.39, 0.29) is 47.2 Å². The number of aromatic nitrogens is 1. The van der Waals surface area contributed by atoms with Crippen LogP contribution in [0.5, 0.6) is 0 Å². The molecule has 4 N–H and O–H groups in total. The molecule has 0 saturated carbocycles. The van der Waals surface area contributed by atoms with Gasteiger partial charge in [0.15, 0.2) is 0 Å². The molecule has 1 aliphatic carbocycles. The van der Waals surface area contributed by atoms with Crippen molar-refractivity contribution in [2.24, 2.45) is 0 Å². The summed E-state index contributed by atoms with van der Waals surface area (Å²) in [6.07, 6.45) is 2.76.